The predicted molar refractivity (Wildman–Crippen MR) is 75.8 cm³/mol. The Balaban J connectivity index is 1.95. The maximum atomic E-state index is 12.5. The second-order valence-electron chi connectivity index (χ2n) is 4.93. The summed E-state index contributed by atoms with van der Waals surface area (Å²) < 4.78 is 42.1. The zero-order valence-electron chi connectivity index (χ0n) is 12.1. The summed E-state index contributed by atoms with van der Waals surface area (Å²) in [7, 11) is 0. The zero-order chi connectivity index (χ0) is 16.2. The van der Waals surface area contributed by atoms with E-state index in [-0.39, 0.29) is 12.6 Å². The van der Waals surface area contributed by atoms with E-state index in [1.807, 2.05) is 6.92 Å². The molecule has 0 radical (unpaired) electrons. The third kappa shape index (κ3) is 4.16. The van der Waals surface area contributed by atoms with Crippen LogP contribution in [0.4, 0.5) is 18.9 Å². The maximum absolute atomic E-state index is 12.5. The van der Waals surface area contributed by atoms with Gasteiger partial charge in [-0.3, -0.25) is 4.79 Å². The Morgan fingerprint density at radius 2 is 2.00 bits per heavy atom. The number of amides is 1. The van der Waals surface area contributed by atoms with E-state index < -0.39 is 11.9 Å². The fourth-order valence-corrected chi connectivity index (χ4v) is 1.98. The van der Waals surface area contributed by atoms with Crippen LogP contribution in [0.1, 0.15) is 25.3 Å². The molecule has 0 unspecified atom stereocenters. The first-order chi connectivity index (χ1) is 10.4. The van der Waals surface area contributed by atoms with E-state index in [9.17, 15) is 18.0 Å². The van der Waals surface area contributed by atoms with Gasteiger partial charge in [0.1, 0.15) is 0 Å². The molecule has 7 heteroatoms. The monoisotopic (exact) mass is 314 g/mol. The van der Waals surface area contributed by atoms with Crippen molar-refractivity contribution < 1.29 is 22.7 Å². The first-order valence-electron chi connectivity index (χ1n) is 6.94. The summed E-state index contributed by atoms with van der Waals surface area (Å²) in [6, 6.07) is 6.92. The molecule has 0 spiro atoms. The first-order valence-corrected chi connectivity index (χ1v) is 6.94. The first kappa shape index (κ1) is 16.2. The minimum Gasteiger partial charge on any atom is -0.466 e. The van der Waals surface area contributed by atoms with Crippen LogP contribution in [0.2, 0.25) is 0 Å². The molecule has 0 saturated carbocycles. The average molecular weight is 314 g/mol. The number of nitrogens with zero attached hydrogens (tertiary/aromatic N) is 1. The molecule has 0 atom stereocenters. The van der Waals surface area contributed by atoms with Crippen molar-refractivity contribution in [2.75, 3.05) is 11.6 Å². The van der Waals surface area contributed by atoms with Crippen molar-refractivity contribution in [1.82, 2.24) is 5.32 Å². The number of hydrogen-bond donors (Lipinski definition) is 1. The van der Waals surface area contributed by atoms with Gasteiger partial charge >= 0.3 is 6.18 Å². The molecule has 0 bridgehead atoms. The van der Waals surface area contributed by atoms with E-state index in [4.69, 9.17) is 0 Å². The van der Waals surface area contributed by atoms with Crippen molar-refractivity contribution >= 4 is 11.6 Å². The zero-order valence-corrected chi connectivity index (χ0v) is 12.1. The van der Waals surface area contributed by atoms with E-state index in [1.165, 1.54) is 4.90 Å². The third-order valence-electron chi connectivity index (χ3n) is 3.15. The van der Waals surface area contributed by atoms with Gasteiger partial charge in [0.05, 0.1) is 6.20 Å². The quantitative estimate of drug-likeness (QED) is 0.906. The van der Waals surface area contributed by atoms with Crippen molar-refractivity contribution in [3.8, 4) is 0 Å². The molecular weight excluding hydrogens is 297 g/mol. The Hall–Kier alpha value is -2.18. The molecule has 0 aromatic heterocycles. The van der Waals surface area contributed by atoms with Gasteiger partial charge in [0, 0.05) is 18.7 Å². The van der Waals surface area contributed by atoms with Gasteiger partial charge in [-0.25, -0.2) is 0 Å². The van der Waals surface area contributed by atoms with Crippen molar-refractivity contribution in [1.29, 1.82) is 0 Å². The van der Waals surface area contributed by atoms with Crippen LogP contribution in [0.5, 0.6) is 0 Å². The Morgan fingerprint density at radius 3 is 2.55 bits per heavy atom. The predicted octanol–water partition coefficient (Wildman–Crippen LogP) is 3.30. The Labute approximate surface area is 126 Å². The summed E-state index contributed by atoms with van der Waals surface area (Å²) in [4.78, 5) is 12.7. The van der Waals surface area contributed by atoms with E-state index in [0.29, 0.717) is 18.7 Å². The lowest BCUT2D eigenvalue weighted by Gasteiger charge is -2.14. The highest BCUT2D eigenvalue weighted by Crippen LogP contribution is 2.32. The smallest absolute Gasteiger partial charge is 0.450 e. The molecule has 0 fully saturated rings. The molecule has 1 aliphatic rings. The van der Waals surface area contributed by atoms with Gasteiger partial charge in [0.2, 0.25) is 11.7 Å². The fraction of sp³-hybridized carbons (Fsp3) is 0.400. The molecule has 2 rings (SSSR count). The highest BCUT2D eigenvalue weighted by molar-refractivity contribution is 5.75. The summed E-state index contributed by atoms with van der Waals surface area (Å²) in [5.74, 6) is -1.01. The highest BCUT2D eigenvalue weighted by Gasteiger charge is 2.39. The summed E-state index contributed by atoms with van der Waals surface area (Å²) in [6.45, 7) is 2.16. The number of rotatable bonds is 5. The molecule has 1 heterocycles. The third-order valence-corrected chi connectivity index (χ3v) is 3.15. The van der Waals surface area contributed by atoms with Gasteiger partial charge in [0.15, 0.2) is 6.73 Å². The molecule has 1 N–H and O–H groups in total. The summed E-state index contributed by atoms with van der Waals surface area (Å²) in [5, 5.41) is 2.78. The fourth-order valence-electron chi connectivity index (χ4n) is 1.98. The van der Waals surface area contributed by atoms with Crippen LogP contribution in [0, 0.1) is 0 Å². The van der Waals surface area contributed by atoms with Crippen LogP contribution in [0.15, 0.2) is 36.2 Å². The average Bonchev–Trinajstić information content (AvgIpc) is 2.96. The van der Waals surface area contributed by atoms with Crippen molar-refractivity contribution in [2.24, 2.45) is 0 Å². The number of allylic oxidation sites excluding steroid dienone is 1. The van der Waals surface area contributed by atoms with Crippen molar-refractivity contribution in [2.45, 2.75) is 32.5 Å². The lowest BCUT2D eigenvalue weighted by atomic mass is 10.2. The number of nitrogens with one attached hydrogen (secondary N) is 1. The highest BCUT2D eigenvalue weighted by atomic mass is 19.4. The largest absolute Gasteiger partial charge is 0.466 e. The molecule has 22 heavy (non-hydrogen) atoms. The summed E-state index contributed by atoms with van der Waals surface area (Å²) >= 11 is 0. The number of ether oxygens (including phenoxy) is 1. The number of halogens is 3. The lowest BCUT2D eigenvalue weighted by Crippen LogP contribution is -2.22. The second-order valence-corrected chi connectivity index (χ2v) is 4.93. The van der Waals surface area contributed by atoms with Gasteiger partial charge < -0.3 is 15.0 Å². The van der Waals surface area contributed by atoms with Gasteiger partial charge in [-0.15, -0.1) is 0 Å². The summed E-state index contributed by atoms with van der Waals surface area (Å²) in [5.41, 5.74) is 1.48. The normalized spacial score (nSPS) is 14.5. The van der Waals surface area contributed by atoms with Crippen molar-refractivity contribution in [3.63, 3.8) is 0 Å². The van der Waals surface area contributed by atoms with Crippen LogP contribution < -0.4 is 10.2 Å². The summed E-state index contributed by atoms with van der Waals surface area (Å²) in [6.07, 6.45) is -2.27. The van der Waals surface area contributed by atoms with Gasteiger partial charge in [-0.2, -0.15) is 13.2 Å². The van der Waals surface area contributed by atoms with E-state index in [1.54, 1.807) is 24.3 Å². The molecule has 0 saturated heterocycles. The van der Waals surface area contributed by atoms with E-state index in [0.717, 1.165) is 18.2 Å². The Kier molecular flexibility index (Phi) is 4.95. The van der Waals surface area contributed by atoms with Crippen molar-refractivity contribution in [3.05, 3.63) is 41.8 Å². The van der Waals surface area contributed by atoms with Gasteiger partial charge in [-0.1, -0.05) is 19.1 Å². The van der Waals surface area contributed by atoms with Gasteiger partial charge in [0.25, 0.3) is 0 Å². The number of hydrogen-bond acceptors (Lipinski definition) is 3. The molecule has 1 aromatic rings. The minimum atomic E-state index is -4.47. The molecule has 1 aliphatic heterocycles. The number of alkyl halides is 3. The standard InChI is InChI=1S/C15H17F3N2O2/c1-2-3-14(21)19-8-11-4-6-12(7-5-11)20-9-13(22-10-20)15(16,17)18/h4-7,9H,2-3,8,10H2,1H3,(H,19,21). The second kappa shape index (κ2) is 6.72. The Morgan fingerprint density at radius 1 is 1.32 bits per heavy atom. The lowest BCUT2D eigenvalue weighted by molar-refractivity contribution is -0.126. The van der Waals surface area contributed by atoms with Gasteiger partial charge in [-0.05, 0) is 24.1 Å². The molecule has 0 aliphatic carbocycles. The molecule has 1 amide bonds. The number of carbonyl (C=O) groups excluding carboxylic acids is 1. The van der Waals surface area contributed by atoms with Crippen LogP contribution >= 0.6 is 0 Å². The van der Waals surface area contributed by atoms with Crippen LogP contribution in [-0.4, -0.2) is 18.8 Å². The molecular formula is C15H17F3N2O2. The minimum absolute atomic E-state index is 0.0164. The SMILES string of the molecule is CCCC(=O)NCc1ccc(N2C=C(C(F)(F)F)OC2)cc1. The Bertz CT molecular complexity index is 553. The number of anilines is 1. The topological polar surface area (TPSA) is 41.6 Å². The molecule has 4 nitrogen and oxygen atoms in total. The number of benzene rings is 1. The van der Waals surface area contributed by atoms with Crippen LogP contribution in [0.3, 0.4) is 0 Å². The molecule has 1 aromatic carbocycles. The molecule has 120 valence electrons. The maximum Gasteiger partial charge on any atom is 0.450 e. The van der Waals surface area contributed by atoms with E-state index in [2.05, 4.69) is 10.1 Å². The van der Waals surface area contributed by atoms with Crippen LogP contribution in [0.25, 0.3) is 0 Å². The van der Waals surface area contributed by atoms with E-state index >= 15 is 0 Å². The van der Waals surface area contributed by atoms with Crippen LogP contribution in [-0.2, 0) is 16.1 Å². The number of carbonyl (C=O) groups is 1.